The van der Waals surface area contributed by atoms with Gasteiger partial charge in [-0.1, -0.05) is 12.1 Å². The highest BCUT2D eigenvalue weighted by Crippen LogP contribution is 2.23. The van der Waals surface area contributed by atoms with Crippen LogP contribution < -0.4 is 5.73 Å². The maximum Gasteiger partial charge on any atom is 0.0739 e. The van der Waals surface area contributed by atoms with Gasteiger partial charge in [-0.05, 0) is 54.4 Å². The number of nitrogens with zero attached hydrogens (tertiary/aromatic N) is 3. The number of hydrogen-bond donors (Lipinski definition) is 1. The van der Waals surface area contributed by atoms with E-state index in [9.17, 15) is 0 Å². The Labute approximate surface area is 135 Å². The molecule has 5 heteroatoms. The van der Waals surface area contributed by atoms with Gasteiger partial charge in [0.15, 0.2) is 0 Å². The van der Waals surface area contributed by atoms with Crippen LogP contribution in [0.1, 0.15) is 30.8 Å². The van der Waals surface area contributed by atoms with Crippen molar-refractivity contribution < 1.29 is 0 Å². The summed E-state index contributed by atoms with van der Waals surface area (Å²) in [6, 6.07) is 8.53. The highest BCUT2D eigenvalue weighted by molar-refractivity contribution is 9.10. The third kappa shape index (κ3) is 3.86. The average molecular weight is 351 g/mol. The van der Waals surface area contributed by atoms with E-state index < -0.39 is 0 Å². The zero-order chi connectivity index (χ0) is 15.6. The van der Waals surface area contributed by atoms with Crippen LogP contribution in [0.3, 0.4) is 0 Å². The first kappa shape index (κ1) is 16.0. The van der Waals surface area contributed by atoms with E-state index in [2.05, 4.69) is 45.8 Å². The van der Waals surface area contributed by atoms with Crippen molar-refractivity contribution in [1.82, 2.24) is 14.7 Å². The average Bonchev–Trinajstić information content (AvgIpc) is 2.64. The van der Waals surface area contributed by atoms with Gasteiger partial charge in [-0.2, -0.15) is 5.10 Å². The van der Waals surface area contributed by atoms with Crippen molar-refractivity contribution in [3.8, 4) is 0 Å². The fourth-order valence-corrected chi connectivity index (χ4v) is 2.85. The number of benzene rings is 1. The molecule has 2 aromatic rings. The summed E-state index contributed by atoms with van der Waals surface area (Å²) in [7, 11) is 1.99. The molecule has 0 saturated heterocycles. The Balaban J connectivity index is 2.20. The number of aromatic nitrogens is 2. The van der Waals surface area contributed by atoms with Gasteiger partial charge in [0.25, 0.3) is 0 Å². The van der Waals surface area contributed by atoms with Gasteiger partial charge >= 0.3 is 0 Å². The Morgan fingerprint density at radius 1 is 1.33 bits per heavy atom. The molecule has 0 saturated carbocycles. The summed E-state index contributed by atoms with van der Waals surface area (Å²) in [4.78, 5) is 2.41. The maximum atomic E-state index is 5.87. The molecule has 1 aromatic heterocycles. The standard InChI is InChI=1S/C16H23BrN4/c1-11(2)21(9-13-6-5-7-14(18)8-13)10-15-16(17)12(3)19-20(15)4/h5-8,11H,9-10,18H2,1-4H3. The van der Waals surface area contributed by atoms with E-state index in [0.717, 1.165) is 28.9 Å². The molecule has 2 N–H and O–H groups in total. The van der Waals surface area contributed by atoms with Crippen LogP contribution in [0.4, 0.5) is 5.69 Å². The summed E-state index contributed by atoms with van der Waals surface area (Å²) in [6.07, 6.45) is 0. The summed E-state index contributed by atoms with van der Waals surface area (Å²) in [5.74, 6) is 0. The molecule has 0 aliphatic rings. The molecule has 0 atom stereocenters. The zero-order valence-corrected chi connectivity index (χ0v) is 14.7. The predicted octanol–water partition coefficient (Wildman–Crippen LogP) is 3.48. The topological polar surface area (TPSA) is 47.1 Å². The van der Waals surface area contributed by atoms with Gasteiger partial charge in [0.05, 0.1) is 15.9 Å². The summed E-state index contributed by atoms with van der Waals surface area (Å²) in [6.45, 7) is 8.17. The highest BCUT2D eigenvalue weighted by Gasteiger charge is 2.17. The first-order chi connectivity index (χ1) is 9.88. The predicted molar refractivity (Wildman–Crippen MR) is 90.9 cm³/mol. The molecule has 0 aliphatic heterocycles. The lowest BCUT2D eigenvalue weighted by atomic mass is 10.1. The molecular weight excluding hydrogens is 328 g/mol. The van der Waals surface area contributed by atoms with Crippen LogP contribution >= 0.6 is 15.9 Å². The molecule has 1 heterocycles. The second-order valence-corrected chi connectivity index (χ2v) is 6.51. The number of nitrogens with two attached hydrogens (primary N) is 1. The number of hydrogen-bond acceptors (Lipinski definition) is 3. The van der Waals surface area contributed by atoms with Crippen molar-refractivity contribution in [1.29, 1.82) is 0 Å². The first-order valence-electron chi connectivity index (χ1n) is 7.15. The number of rotatable bonds is 5. The molecule has 0 fully saturated rings. The fraction of sp³-hybridized carbons (Fsp3) is 0.438. The van der Waals surface area contributed by atoms with E-state index in [1.165, 1.54) is 11.3 Å². The molecule has 0 amide bonds. The maximum absolute atomic E-state index is 5.87. The second kappa shape index (κ2) is 6.62. The molecule has 21 heavy (non-hydrogen) atoms. The van der Waals surface area contributed by atoms with Gasteiger partial charge in [-0.15, -0.1) is 0 Å². The summed E-state index contributed by atoms with van der Waals surface area (Å²) in [5.41, 5.74) is 10.2. The van der Waals surface area contributed by atoms with Crippen LogP contribution in [0.2, 0.25) is 0 Å². The number of halogens is 1. The Hall–Kier alpha value is -1.33. The van der Waals surface area contributed by atoms with Crippen LogP contribution in [0.25, 0.3) is 0 Å². The minimum atomic E-state index is 0.438. The van der Waals surface area contributed by atoms with Crippen LogP contribution in [-0.4, -0.2) is 20.7 Å². The van der Waals surface area contributed by atoms with Gasteiger partial charge in [0.1, 0.15) is 0 Å². The lowest BCUT2D eigenvalue weighted by Gasteiger charge is -2.27. The minimum Gasteiger partial charge on any atom is -0.399 e. The van der Waals surface area contributed by atoms with Crippen LogP contribution in [0, 0.1) is 6.92 Å². The van der Waals surface area contributed by atoms with Gasteiger partial charge in [0, 0.05) is 31.9 Å². The van der Waals surface area contributed by atoms with Gasteiger partial charge in [-0.3, -0.25) is 9.58 Å². The van der Waals surface area contributed by atoms with Crippen LogP contribution in [-0.2, 0) is 20.1 Å². The highest BCUT2D eigenvalue weighted by atomic mass is 79.9. The molecule has 0 unspecified atom stereocenters. The Morgan fingerprint density at radius 3 is 2.57 bits per heavy atom. The summed E-state index contributed by atoms with van der Waals surface area (Å²) < 4.78 is 3.05. The first-order valence-corrected chi connectivity index (χ1v) is 7.94. The molecule has 0 bridgehead atoms. The number of nitrogen functional groups attached to an aromatic ring is 1. The molecule has 0 aliphatic carbocycles. The zero-order valence-electron chi connectivity index (χ0n) is 13.1. The van der Waals surface area contributed by atoms with Gasteiger partial charge in [0.2, 0.25) is 0 Å². The molecule has 0 spiro atoms. The van der Waals surface area contributed by atoms with Gasteiger partial charge < -0.3 is 5.73 Å². The van der Waals surface area contributed by atoms with E-state index in [1.54, 1.807) is 0 Å². The number of aryl methyl sites for hydroxylation is 2. The quantitative estimate of drug-likeness (QED) is 0.839. The molecule has 2 rings (SSSR count). The lowest BCUT2D eigenvalue weighted by molar-refractivity contribution is 0.198. The van der Waals surface area contributed by atoms with Crippen molar-refractivity contribution in [2.24, 2.45) is 7.05 Å². The Bertz CT molecular complexity index is 619. The SMILES string of the molecule is Cc1nn(C)c(CN(Cc2cccc(N)c2)C(C)C)c1Br. The molecule has 114 valence electrons. The van der Waals surface area contributed by atoms with Crippen molar-refractivity contribution in [2.45, 2.75) is 39.9 Å². The summed E-state index contributed by atoms with van der Waals surface area (Å²) >= 11 is 3.65. The number of anilines is 1. The van der Waals surface area contributed by atoms with E-state index in [-0.39, 0.29) is 0 Å². The van der Waals surface area contributed by atoms with Crippen molar-refractivity contribution in [3.05, 3.63) is 45.7 Å². The molecule has 4 nitrogen and oxygen atoms in total. The lowest BCUT2D eigenvalue weighted by Crippen LogP contribution is -2.30. The second-order valence-electron chi connectivity index (χ2n) is 5.71. The van der Waals surface area contributed by atoms with Crippen LogP contribution in [0.5, 0.6) is 0 Å². The Morgan fingerprint density at radius 2 is 2.05 bits per heavy atom. The monoisotopic (exact) mass is 350 g/mol. The van der Waals surface area contributed by atoms with E-state index in [1.807, 2.05) is 36.9 Å². The molecule has 1 aromatic carbocycles. The van der Waals surface area contributed by atoms with Crippen molar-refractivity contribution in [3.63, 3.8) is 0 Å². The van der Waals surface area contributed by atoms with Gasteiger partial charge in [-0.25, -0.2) is 0 Å². The molecular formula is C16H23BrN4. The largest absolute Gasteiger partial charge is 0.399 e. The smallest absolute Gasteiger partial charge is 0.0739 e. The van der Waals surface area contributed by atoms with Crippen LogP contribution in [0.15, 0.2) is 28.7 Å². The third-order valence-corrected chi connectivity index (χ3v) is 4.71. The van der Waals surface area contributed by atoms with E-state index in [0.29, 0.717) is 6.04 Å². The fourth-order valence-electron chi connectivity index (χ4n) is 2.39. The van der Waals surface area contributed by atoms with Crippen molar-refractivity contribution in [2.75, 3.05) is 5.73 Å². The van der Waals surface area contributed by atoms with Crippen molar-refractivity contribution >= 4 is 21.6 Å². The third-order valence-electron chi connectivity index (χ3n) is 3.68. The molecule has 0 radical (unpaired) electrons. The normalized spacial score (nSPS) is 11.6. The Kier molecular flexibility index (Phi) is 5.06. The van der Waals surface area contributed by atoms with E-state index in [4.69, 9.17) is 5.73 Å². The summed E-state index contributed by atoms with van der Waals surface area (Å²) in [5, 5.41) is 4.47. The minimum absolute atomic E-state index is 0.438. The van der Waals surface area contributed by atoms with E-state index >= 15 is 0 Å².